The molecule has 2 aromatic rings. The van der Waals surface area contributed by atoms with Gasteiger partial charge in [-0.3, -0.25) is 0 Å². The summed E-state index contributed by atoms with van der Waals surface area (Å²) in [5.41, 5.74) is 1.23. The number of hydrogen-bond donors (Lipinski definition) is 1. The number of methoxy groups -OCH3 is 1. The molecule has 0 radical (unpaired) electrons. The van der Waals surface area contributed by atoms with Gasteiger partial charge < -0.3 is 14.6 Å². The Labute approximate surface area is 108 Å². The quantitative estimate of drug-likeness (QED) is 0.846. The molecule has 96 valence electrons. The lowest BCUT2D eigenvalue weighted by Crippen LogP contribution is -2.29. The third kappa shape index (κ3) is 3.60. The van der Waals surface area contributed by atoms with Crippen LogP contribution in [0.3, 0.4) is 0 Å². The Morgan fingerprint density at radius 3 is 3.06 bits per heavy atom. The zero-order valence-corrected chi connectivity index (χ0v) is 10.8. The Balaban J connectivity index is 1.83. The average Bonchev–Trinajstić information content (AvgIpc) is 2.89. The number of aromatic nitrogens is 2. The molecule has 1 heterocycles. The van der Waals surface area contributed by atoms with Gasteiger partial charge in [-0.05, 0) is 24.6 Å². The number of nitrogens with one attached hydrogen (secondary N) is 1. The Morgan fingerprint density at radius 2 is 2.33 bits per heavy atom. The second-order valence-electron chi connectivity index (χ2n) is 4.39. The molecule has 0 aliphatic carbocycles. The molecule has 0 saturated heterocycles. The first kappa shape index (κ1) is 12.6. The van der Waals surface area contributed by atoms with Gasteiger partial charge in [0.15, 0.2) is 0 Å². The van der Waals surface area contributed by atoms with Crippen LogP contribution in [0.1, 0.15) is 12.5 Å². The topological polar surface area (TPSA) is 39.1 Å². The minimum absolute atomic E-state index is 0.394. The molecule has 0 saturated carbocycles. The van der Waals surface area contributed by atoms with Crippen LogP contribution in [0.15, 0.2) is 43.0 Å². The largest absolute Gasteiger partial charge is 0.497 e. The predicted octanol–water partition coefficient (Wildman–Crippen LogP) is 2.07. The van der Waals surface area contributed by atoms with Crippen molar-refractivity contribution < 1.29 is 4.74 Å². The number of ether oxygens (including phenoxy) is 1. The highest BCUT2D eigenvalue weighted by Crippen LogP contribution is 2.12. The number of hydrogen-bond acceptors (Lipinski definition) is 3. The van der Waals surface area contributed by atoms with Gasteiger partial charge in [0.25, 0.3) is 0 Å². The van der Waals surface area contributed by atoms with Gasteiger partial charge in [-0.1, -0.05) is 12.1 Å². The van der Waals surface area contributed by atoms with Gasteiger partial charge in [0.1, 0.15) is 5.75 Å². The van der Waals surface area contributed by atoms with E-state index in [2.05, 4.69) is 33.9 Å². The molecule has 1 aromatic carbocycles. The highest BCUT2D eigenvalue weighted by molar-refractivity contribution is 5.28. The first-order valence-corrected chi connectivity index (χ1v) is 6.10. The molecule has 18 heavy (non-hydrogen) atoms. The van der Waals surface area contributed by atoms with Crippen molar-refractivity contribution in [2.24, 2.45) is 0 Å². The smallest absolute Gasteiger partial charge is 0.119 e. The Hall–Kier alpha value is -1.81. The molecule has 0 fully saturated rings. The summed E-state index contributed by atoms with van der Waals surface area (Å²) >= 11 is 0. The summed E-state index contributed by atoms with van der Waals surface area (Å²) in [5, 5.41) is 3.48. The molecule has 0 aliphatic rings. The Bertz CT molecular complexity index is 468. The Morgan fingerprint density at radius 1 is 1.44 bits per heavy atom. The fourth-order valence-corrected chi connectivity index (χ4v) is 1.85. The Kier molecular flexibility index (Phi) is 4.36. The maximum absolute atomic E-state index is 5.21. The maximum Gasteiger partial charge on any atom is 0.119 e. The van der Waals surface area contributed by atoms with Crippen molar-refractivity contribution in [1.29, 1.82) is 0 Å². The molecule has 1 unspecified atom stereocenters. The summed E-state index contributed by atoms with van der Waals surface area (Å²) in [6.45, 7) is 3.93. The van der Waals surface area contributed by atoms with E-state index in [4.69, 9.17) is 4.74 Å². The van der Waals surface area contributed by atoms with E-state index in [1.54, 1.807) is 13.3 Å². The first-order valence-electron chi connectivity index (χ1n) is 6.10. The molecule has 1 atom stereocenters. The van der Waals surface area contributed by atoms with Gasteiger partial charge in [0.05, 0.1) is 13.4 Å². The van der Waals surface area contributed by atoms with E-state index in [0.29, 0.717) is 6.04 Å². The summed E-state index contributed by atoms with van der Waals surface area (Å²) < 4.78 is 7.28. The summed E-state index contributed by atoms with van der Waals surface area (Å²) in [7, 11) is 1.69. The summed E-state index contributed by atoms with van der Waals surface area (Å²) in [6.07, 6.45) is 5.61. The van der Waals surface area contributed by atoms with Crippen LogP contribution < -0.4 is 10.1 Å². The van der Waals surface area contributed by atoms with Gasteiger partial charge in [0.2, 0.25) is 0 Å². The molecule has 4 nitrogen and oxygen atoms in total. The SMILES string of the molecule is COc1cccc(CNC(C)Cn2ccnc2)c1. The molecule has 0 aliphatic heterocycles. The van der Waals surface area contributed by atoms with Crippen molar-refractivity contribution in [2.45, 2.75) is 26.1 Å². The van der Waals surface area contributed by atoms with Crippen LogP contribution in [0, 0.1) is 0 Å². The van der Waals surface area contributed by atoms with Crippen molar-refractivity contribution in [3.8, 4) is 5.75 Å². The molecule has 0 bridgehead atoms. The van der Waals surface area contributed by atoms with Crippen molar-refractivity contribution in [3.63, 3.8) is 0 Å². The molecule has 1 aromatic heterocycles. The lowest BCUT2D eigenvalue weighted by Gasteiger charge is -2.14. The number of imidazole rings is 1. The van der Waals surface area contributed by atoms with Crippen LogP contribution >= 0.6 is 0 Å². The zero-order valence-electron chi connectivity index (χ0n) is 10.8. The zero-order chi connectivity index (χ0) is 12.8. The molecule has 0 spiro atoms. The van der Waals surface area contributed by atoms with E-state index in [1.165, 1.54) is 5.56 Å². The van der Waals surface area contributed by atoms with Gasteiger partial charge >= 0.3 is 0 Å². The number of rotatable bonds is 6. The fourth-order valence-electron chi connectivity index (χ4n) is 1.85. The fraction of sp³-hybridized carbons (Fsp3) is 0.357. The van der Waals surface area contributed by atoms with E-state index >= 15 is 0 Å². The normalized spacial score (nSPS) is 12.3. The van der Waals surface area contributed by atoms with E-state index in [0.717, 1.165) is 18.8 Å². The lowest BCUT2D eigenvalue weighted by molar-refractivity contribution is 0.413. The number of benzene rings is 1. The van der Waals surface area contributed by atoms with Crippen molar-refractivity contribution in [3.05, 3.63) is 48.5 Å². The van der Waals surface area contributed by atoms with Gasteiger partial charge in [-0.25, -0.2) is 4.98 Å². The van der Waals surface area contributed by atoms with Crippen LogP contribution in [0.25, 0.3) is 0 Å². The van der Waals surface area contributed by atoms with Crippen LogP contribution in [0.4, 0.5) is 0 Å². The monoisotopic (exact) mass is 245 g/mol. The molecule has 4 heteroatoms. The highest BCUT2D eigenvalue weighted by Gasteiger charge is 2.03. The lowest BCUT2D eigenvalue weighted by atomic mass is 10.2. The van der Waals surface area contributed by atoms with Crippen molar-refractivity contribution >= 4 is 0 Å². The summed E-state index contributed by atoms with van der Waals surface area (Å²) in [6, 6.07) is 8.51. The summed E-state index contributed by atoms with van der Waals surface area (Å²) in [4.78, 5) is 4.03. The van der Waals surface area contributed by atoms with E-state index < -0.39 is 0 Å². The molecular weight excluding hydrogens is 226 g/mol. The average molecular weight is 245 g/mol. The van der Waals surface area contributed by atoms with E-state index in [-0.39, 0.29) is 0 Å². The van der Waals surface area contributed by atoms with Crippen molar-refractivity contribution in [2.75, 3.05) is 7.11 Å². The first-order chi connectivity index (χ1) is 8.78. The maximum atomic E-state index is 5.21. The molecule has 1 N–H and O–H groups in total. The summed E-state index contributed by atoms with van der Waals surface area (Å²) in [5.74, 6) is 0.900. The van der Waals surface area contributed by atoms with Crippen LogP contribution in [0.2, 0.25) is 0 Å². The molecule has 0 amide bonds. The van der Waals surface area contributed by atoms with Crippen LogP contribution in [0.5, 0.6) is 5.75 Å². The third-order valence-electron chi connectivity index (χ3n) is 2.83. The molecule has 2 rings (SSSR count). The highest BCUT2D eigenvalue weighted by atomic mass is 16.5. The van der Waals surface area contributed by atoms with Gasteiger partial charge in [-0.15, -0.1) is 0 Å². The minimum atomic E-state index is 0.394. The second-order valence-corrected chi connectivity index (χ2v) is 4.39. The minimum Gasteiger partial charge on any atom is -0.497 e. The third-order valence-corrected chi connectivity index (χ3v) is 2.83. The molecular formula is C14H19N3O. The van der Waals surface area contributed by atoms with E-state index in [1.807, 2.05) is 24.7 Å². The van der Waals surface area contributed by atoms with Crippen molar-refractivity contribution in [1.82, 2.24) is 14.9 Å². The number of nitrogens with zero attached hydrogens (tertiary/aromatic N) is 2. The van der Waals surface area contributed by atoms with Gasteiger partial charge in [-0.2, -0.15) is 0 Å². The predicted molar refractivity (Wildman–Crippen MR) is 71.5 cm³/mol. The van der Waals surface area contributed by atoms with Crippen LogP contribution in [-0.2, 0) is 13.1 Å². The standard InChI is InChI=1S/C14H19N3O/c1-12(10-17-7-6-15-11-17)16-9-13-4-3-5-14(8-13)18-2/h3-8,11-12,16H,9-10H2,1-2H3. The van der Waals surface area contributed by atoms with Crippen LogP contribution in [-0.4, -0.2) is 22.7 Å². The van der Waals surface area contributed by atoms with E-state index in [9.17, 15) is 0 Å². The van der Waals surface area contributed by atoms with Gasteiger partial charge in [0, 0.05) is 31.5 Å². The second kappa shape index (κ2) is 6.21.